The number of rotatable bonds is 16. The van der Waals surface area contributed by atoms with Crippen molar-refractivity contribution in [1.29, 1.82) is 0 Å². The minimum Gasteiger partial charge on any atom is -0.372 e. The Kier molecular flexibility index (Phi) is 15.4. The van der Waals surface area contributed by atoms with E-state index < -0.39 is 11.8 Å². The molecule has 7 heteroatoms. The van der Waals surface area contributed by atoms with Gasteiger partial charge in [0.2, 0.25) is 5.91 Å². The number of unbranched alkanes of at least 4 members (excludes halogenated alkanes) is 7. The Morgan fingerprint density at radius 3 is 2.19 bits per heavy atom. The average Bonchev–Trinajstić information content (AvgIpc) is 2.78. The van der Waals surface area contributed by atoms with Crippen LogP contribution in [0, 0.1) is 0 Å². The number of anilines is 1. The average molecular weight is 432 g/mol. The Morgan fingerprint density at radius 2 is 1.48 bits per heavy atom. The van der Waals surface area contributed by atoms with Crippen LogP contribution in [0.25, 0.3) is 0 Å². The van der Waals surface area contributed by atoms with E-state index in [9.17, 15) is 14.4 Å². The minimum atomic E-state index is -0.598. The third kappa shape index (κ3) is 14.9. The van der Waals surface area contributed by atoms with E-state index in [-0.39, 0.29) is 12.5 Å². The number of allylic oxidation sites excluding steroid dienone is 2. The van der Waals surface area contributed by atoms with Crippen LogP contribution in [-0.4, -0.2) is 44.5 Å². The van der Waals surface area contributed by atoms with E-state index in [0.29, 0.717) is 13.2 Å². The molecule has 3 amide bonds. The number of benzene rings is 1. The van der Waals surface area contributed by atoms with Gasteiger partial charge in [-0.25, -0.2) is 0 Å². The first kappa shape index (κ1) is 26.4. The first-order chi connectivity index (χ1) is 15.1. The van der Waals surface area contributed by atoms with E-state index in [1.54, 1.807) is 0 Å². The summed E-state index contributed by atoms with van der Waals surface area (Å²) in [4.78, 5) is 34.0. The second kappa shape index (κ2) is 18.1. The highest BCUT2D eigenvalue weighted by Crippen LogP contribution is 2.07. The van der Waals surface area contributed by atoms with Gasteiger partial charge in [-0.2, -0.15) is 0 Å². The van der Waals surface area contributed by atoms with Gasteiger partial charge in [-0.1, -0.05) is 49.6 Å². The van der Waals surface area contributed by atoms with E-state index in [0.717, 1.165) is 44.2 Å². The van der Waals surface area contributed by atoms with Crippen LogP contribution >= 0.6 is 0 Å². The summed E-state index contributed by atoms with van der Waals surface area (Å²) in [6, 6.07) is 9.38. The summed E-state index contributed by atoms with van der Waals surface area (Å²) < 4.78 is 5.43. The molecule has 0 aliphatic rings. The molecule has 172 valence electrons. The second-order valence-electron chi connectivity index (χ2n) is 7.33. The lowest BCUT2D eigenvalue weighted by atomic mass is 10.1. The second-order valence-corrected chi connectivity index (χ2v) is 7.33. The molecule has 0 heterocycles. The molecule has 0 unspecified atom stereocenters. The number of para-hydroxylation sites is 1. The number of carbonyl (C=O) groups is 3. The summed E-state index contributed by atoms with van der Waals surface area (Å²) in [5.74, 6) is -1.29. The normalized spacial score (nSPS) is 10.7. The molecular weight excluding hydrogens is 394 g/mol. The molecule has 0 aromatic heterocycles. The van der Waals surface area contributed by atoms with Crippen molar-refractivity contribution < 1.29 is 19.1 Å². The van der Waals surface area contributed by atoms with E-state index in [4.69, 9.17) is 4.74 Å². The van der Waals surface area contributed by atoms with Gasteiger partial charge in [0.05, 0.1) is 0 Å². The molecule has 0 spiro atoms. The fraction of sp³-hybridized carbons (Fsp3) is 0.542. The first-order valence-electron chi connectivity index (χ1n) is 11.2. The van der Waals surface area contributed by atoms with Crippen LogP contribution in [0.5, 0.6) is 0 Å². The molecule has 0 atom stereocenters. The predicted octanol–water partition coefficient (Wildman–Crippen LogP) is 3.57. The standard InChI is InChI=1S/C24H37N3O4/c1-25-23(29)24(30)26-18-14-9-7-5-3-2-4-6-8-10-15-19-31-20-22(28)27-21-16-12-11-13-17-21/h3,5,11-13,16-17H,2,4,6-10,14-15,18-20H2,1H3,(H,25,29)(H,26,30)(H,27,28). The maximum atomic E-state index is 11.7. The molecule has 31 heavy (non-hydrogen) atoms. The predicted molar refractivity (Wildman–Crippen MR) is 124 cm³/mol. The van der Waals surface area contributed by atoms with Crippen LogP contribution in [0.4, 0.5) is 5.69 Å². The number of amides is 3. The Labute approximate surface area is 186 Å². The Balaban J connectivity index is 1.82. The molecule has 0 aliphatic carbocycles. The third-order valence-electron chi connectivity index (χ3n) is 4.63. The van der Waals surface area contributed by atoms with Crippen molar-refractivity contribution in [3.63, 3.8) is 0 Å². The Morgan fingerprint density at radius 1 is 0.839 bits per heavy atom. The summed E-state index contributed by atoms with van der Waals surface area (Å²) in [5, 5.41) is 7.68. The molecular formula is C24H37N3O4. The molecule has 0 aliphatic heterocycles. The Bertz CT molecular complexity index is 662. The zero-order valence-electron chi connectivity index (χ0n) is 18.7. The third-order valence-corrected chi connectivity index (χ3v) is 4.63. The molecule has 0 saturated carbocycles. The minimum absolute atomic E-state index is 0.0974. The maximum Gasteiger partial charge on any atom is 0.309 e. The van der Waals surface area contributed by atoms with Crippen LogP contribution in [0.3, 0.4) is 0 Å². The van der Waals surface area contributed by atoms with Crippen LogP contribution in [0.2, 0.25) is 0 Å². The topological polar surface area (TPSA) is 96.5 Å². The van der Waals surface area contributed by atoms with Crippen molar-refractivity contribution in [1.82, 2.24) is 10.6 Å². The lowest BCUT2D eigenvalue weighted by Crippen LogP contribution is -2.38. The van der Waals surface area contributed by atoms with Crippen molar-refractivity contribution in [2.45, 2.75) is 57.8 Å². The van der Waals surface area contributed by atoms with Gasteiger partial charge in [0, 0.05) is 25.9 Å². The van der Waals surface area contributed by atoms with Gasteiger partial charge >= 0.3 is 11.8 Å². The van der Waals surface area contributed by atoms with Crippen LogP contribution in [0.1, 0.15) is 57.8 Å². The number of likely N-dealkylation sites (N-methyl/N-ethyl adjacent to an activating group) is 1. The van der Waals surface area contributed by atoms with Gasteiger partial charge in [0.15, 0.2) is 0 Å². The molecule has 0 bridgehead atoms. The van der Waals surface area contributed by atoms with Gasteiger partial charge in [0.25, 0.3) is 0 Å². The fourth-order valence-corrected chi connectivity index (χ4v) is 2.90. The van der Waals surface area contributed by atoms with E-state index in [1.807, 2.05) is 30.3 Å². The van der Waals surface area contributed by atoms with Crippen molar-refractivity contribution in [3.8, 4) is 0 Å². The fourth-order valence-electron chi connectivity index (χ4n) is 2.90. The highest BCUT2D eigenvalue weighted by molar-refractivity contribution is 6.34. The van der Waals surface area contributed by atoms with Crippen molar-refractivity contribution >= 4 is 23.4 Å². The van der Waals surface area contributed by atoms with Crippen molar-refractivity contribution in [2.24, 2.45) is 0 Å². The van der Waals surface area contributed by atoms with Crippen molar-refractivity contribution in [3.05, 3.63) is 42.5 Å². The van der Waals surface area contributed by atoms with E-state index in [1.165, 1.54) is 26.3 Å². The van der Waals surface area contributed by atoms with Gasteiger partial charge in [-0.3, -0.25) is 14.4 Å². The number of hydrogen-bond donors (Lipinski definition) is 3. The number of carbonyl (C=O) groups excluding carboxylic acids is 3. The van der Waals surface area contributed by atoms with Crippen LogP contribution in [-0.2, 0) is 19.1 Å². The highest BCUT2D eigenvalue weighted by Gasteiger charge is 2.08. The smallest absolute Gasteiger partial charge is 0.309 e. The van der Waals surface area contributed by atoms with Gasteiger partial charge in [0.1, 0.15) is 6.61 Å². The van der Waals surface area contributed by atoms with Crippen LogP contribution in [0.15, 0.2) is 42.5 Å². The zero-order chi connectivity index (χ0) is 22.6. The summed E-state index contributed by atoms with van der Waals surface area (Å²) in [7, 11) is 1.44. The molecule has 7 nitrogen and oxygen atoms in total. The highest BCUT2D eigenvalue weighted by atomic mass is 16.5. The lowest BCUT2D eigenvalue weighted by Gasteiger charge is -2.06. The molecule has 0 radical (unpaired) electrons. The molecule has 1 aromatic carbocycles. The SMILES string of the molecule is CNC(=O)C(=O)NCCCCC=CCCCCCCCOCC(=O)Nc1ccccc1. The molecule has 0 saturated heterocycles. The van der Waals surface area contributed by atoms with Crippen molar-refractivity contribution in [2.75, 3.05) is 32.1 Å². The van der Waals surface area contributed by atoms with Gasteiger partial charge < -0.3 is 20.7 Å². The monoisotopic (exact) mass is 431 g/mol. The number of nitrogens with one attached hydrogen (secondary N) is 3. The van der Waals surface area contributed by atoms with Crippen LogP contribution < -0.4 is 16.0 Å². The Hall–Kier alpha value is -2.67. The quantitative estimate of drug-likeness (QED) is 0.212. The molecule has 1 rings (SSSR count). The number of hydrogen-bond acceptors (Lipinski definition) is 4. The summed E-state index contributed by atoms with van der Waals surface area (Å²) >= 11 is 0. The summed E-state index contributed by atoms with van der Waals surface area (Å²) in [5.41, 5.74) is 0.788. The lowest BCUT2D eigenvalue weighted by molar-refractivity contribution is -0.138. The number of ether oxygens (including phenoxy) is 1. The van der Waals surface area contributed by atoms with E-state index >= 15 is 0 Å². The van der Waals surface area contributed by atoms with Gasteiger partial charge in [-0.15, -0.1) is 0 Å². The molecule has 3 N–H and O–H groups in total. The summed E-state index contributed by atoms with van der Waals surface area (Å²) in [6.07, 6.45) is 14.0. The largest absolute Gasteiger partial charge is 0.372 e. The maximum absolute atomic E-state index is 11.7. The van der Waals surface area contributed by atoms with Gasteiger partial charge in [-0.05, 0) is 50.7 Å². The zero-order valence-corrected chi connectivity index (χ0v) is 18.7. The van der Waals surface area contributed by atoms with E-state index in [2.05, 4.69) is 28.1 Å². The first-order valence-corrected chi connectivity index (χ1v) is 11.2. The molecule has 1 aromatic rings. The molecule has 0 fully saturated rings. The summed E-state index contributed by atoms with van der Waals surface area (Å²) in [6.45, 7) is 1.24.